The van der Waals surface area contributed by atoms with Gasteiger partial charge in [-0.3, -0.25) is 9.52 Å². The molecule has 0 unspecified atom stereocenters. The standard InChI is InChI=1S/C19H19ClF3N3O3S/c1-13-2-5-15(6-3-13)30(28,29)24-16-12-14(20)4-7-17(16)25-8-10-26(11-9-25)18(27)19(21,22)23/h2-7,12,24H,8-11H2,1H3. The van der Waals surface area contributed by atoms with Crippen LogP contribution in [-0.2, 0) is 14.8 Å². The first-order chi connectivity index (χ1) is 14.0. The SMILES string of the molecule is Cc1ccc(S(=O)(=O)Nc2cc(Cl)ccc2N2CCN(C(=O)C(F)(F)F)CC2)cc1. The summed E-state index contributed by atoms with van der Waals surface area (Å²) in [4.78, 5) is 13.9. The minimum atomic E-state index is -4.92. The third-order valence-corrected chi connectivity index (χ3v) is 6.30. The fraction of sp³-hybridized carbons (Fsp3) is 0.316. The van der Waals surface area contributed by atoms with Gasteiger partial charge in [-0.15, -0.1) is 0 Å². The average Bonchev–Trinajstić information content (AvgIpc) is 2.67. The van der Waals surface area contributed by atoms with Crippen LogP contribution in [0.15, 0.2) is 47.4 Å². The molecule has 3 rings (SSSR count). The number of amides is 1. The number of benzene rings is 2. The van der Waals surface area contributed by atoms with Gasteiger partial charge >= 0.3 is 12.1 Å². The van der Waals surface area contributed by atoms with Gasteiger partial charge in [0.1, 0.15) is 0 Å². The fourth-order valence-corrected chi connectivity index (χ4v) is 4.35. The second-order valence-electron chi connectivity index (χ2n) is 6.86. The molecule has 1 N–H and O–H groups in total. The highest BCUT2D eigenvalue weighted by atomic mass is 35.5. The van der Waals surface area contributed by atoms with Crippen LogP contribution in [0.4, 0.5) is 24.5 Å². The molecule has 1 amide bonds. The highest BCUT2D eigenvalue weighted by Gasteiger charge is 2.43. The normalized spacial score (nSPS) is 15.2. The molecule has 0 aromatic heterocycles. The molecular weight excluding hydrogens is 443 g/mol. The lowest BCUT2D eigenvalue weighted by Gasteiger charge is -2.37. The zero-order chi connectivity index (χ0) is 22.1. The van der Waals surface area contributed by atoms with Crippen LogP contribution in [-0.4, -0.2) is 51.6 Å². The molecule has 1 fully saturated rings. The third kappa shape index (κ3) is 4.99. The van der Waals surface area contributed by atoms with Crippen molar-refractivity contribution in [2.75, 3.05) is 35.8 Å². The van der Waals surface area contributed by atoms with Gasteiger partial charge in [-0.1, -0.05) is 29.3 Å². The molecule has 11 heteroatoms. The van der Waals surface area contributed by atoms with Crippen LogP contribution in [0.1, 0.15) is 5.56 Å². The number of nitrogens with zero attached hydrogens (tertiary/aromatic N) is 2. The molecule has 2 aromatic rings. The maximum Gasteiger partial charge on any atom is 0.471 e. The molecule has 6 nitrogen and oxygen atoms in total. The third-order valence-electron chi connectivity index (χ3n) is 4.68. The molecule has 162 valence electrons. The Morgan fingerprint density at radius 1 is 1.03 bits per heavy atom. The second-order valence-corrected chi connectivity index (χ2v) is 8.98. The largest absolute Gasteiger partial charge is 0.471 e. The zero-order valence-electron chi connectivity index (χ0n) is 15.9. The van der Waals surface area contributed by atoms with Gasteiger partial charge in [-0.05, 0) is 37.3 Å². The van der Waals surface area contributed by atoms with Crippen LogP contribution in [0, 0.1) is 6.92 Å². The quantitative estimate of drug-likeness (QED) is 0.754. The minimum absolute atomic E-state index is 0.0691. The first-order valence-electron chi connectivity index (χ1n) is 8.97. The number of hydrogen-bond acceptors (Lipinski definition) is 4. The van der Waals surface area contributed by atoms with E-state index in [9.17, 15) is 26.4 Å². The Balaban J connectivity index is 1.81. The summed E-state index contributed by atoms with van der Waals surface area (Å²) in [5.74, 6) is -1.88. The Labute approximate surface area is 177 Å². The van der Waals surface area contributed by atoms with E-state index in [0.29, 0.717) is 10.7 Å². The maximum atomic E-state index is 12.8. The lowest BCUT2D eigenvalue weighted by molar-refractivity contribution is -0.185. The smallest absolute Gasteiger partial charge is 0.366 e. The molecule has 0 spiro atoms. The van der Waals surface area contributed by atoms with Crippen molar-refractivity contribution in [3.05, 3.63) is 53.1 Å². The van der Waals surface area contributed by atoms with Crippen molar-refractivity contribution in [1.82, 2.24) is 4.90 Å². The molecule has 1 heterocycles. The molecule has 0 aliphatic carbocycles. The molecule has 1 saturated heterocycles. The van der Waals surface area contributed by atoms with E-state index in [4.69, 9.17) is 11.6 Å². The summed E-state index contributed by atoms with van der Waals surface area (Å²) in [6.45, 7) is 1.80. The summed E-state index contributed by atoms with van der Waals surface area (Å²) in [5.41, 5.74) is 1.58. The van der Waals surface area contributed by atoms with E-state index in [1.165, 1.54) is 18.2 Å². The molecule has 0 saturated carbocycles. The van der Waals surface area contributed by atoms with E-state index in [1.807, 2.05) is 6.92 Å². The molecule has 2 aromatic carbocycles. The Kier molecular flexibility index (Phi) is 6.19. The number of piperazine rings is 1. The Morgan fingerprint density at radius 2 is 1.63 bits per heavy atom. The number of sulfonamides is 1. The van der Waals surface area contributed by atoms with E-state index < -0.39 is 22.1 Å². The van der Waals surface area contributed by atoms with Crippen LogP contribution >= 0.6 is 11.6 Å². The summed E-state index contributed by atoms with van der Waals surface area (Å²) >= 11 is 6.04. The van der Waals surface area contributed by atoms with Crippen molar-refractivity contribution >= 4 is 38.9 Å². The van der Waals surface area contributed by atoms with Crippen LogP contribution in [0.2, 0.25) is 5.02 Å². The number of aryl methyl sites for hydroxylation is 1. The van der Waals surface area contributed by atoms with E-state index in [0.717, 1.165) is 10.5 Å². The highest BCUT2D eigenvalue weighted by molar-refractivity contribution is 7.92. The van der Waals surface area contributed by atoms with E-state index in [-0.39, 0.29) is 36.8 Å². The topological polar surface area (TPSA) is 69.7 Å². The summed E-state index contributed by atoms with van der Waals surface area (Å²) < 4.78 is 65.9. The number of carbonyl (C=O) groups excluding carboxylic acids is 1. The Hall–Kier alpha value is -2.46. The van der Waals surface area contributed by atoms with Gasteiger partial charge in [0.2, 0.25) is 0 Å². The summed E-state index contributed by atoms with van der Waals surface area (Å²) in [6.07, 6.45) is -4.92. The van der Waals surface area contributed by atoms with E-state index in [2.05, 4.69) is 4.72 Å². The molecule has 30 heavy (non-hydrogen) atoms. The van der Waals surface area contributed by atoms with Crippen molar-refractivity contribution in [2.45, 2.75) is 18.0 Å². The van der Waals surface area contributed by atoms with Crippen LogP contribution in [0.3, 0.4) is 0 Å². The van der Waals surface area contributed by atoms with E-state index in [1.54, 1.807) is 29.2 Å². The number of hydrogen-bond donors (Lipinski definition) is 1. The predicted octanol–water partition coefficient (Wildman–Crippen LogP) is 3.66. The molecule has 0 bridgehead atoms. The summed E-state index contributed by atoms with van der Waals surface area (Å²) in [6, 6.07) is 10.9. The number of anilines is 2. The van der Waals surface area contributed by atoms with Gasteiger partial charge in [-0.25, -0.2) is 8.42 Å². The highest BCUT2D eigenvalue weighted by Crippen LogP contribution is 2.32. The van der Waals surface area contributed by atoms with E-state index >= 15 is 0 Å². The van der Waals surface area contributed by atoms with Crippen molar-refractivity contribution < 1.29 is 26.4 Å². The number of rotatable bonds is 4. The predicted molar refractivity (Wildman–Crippen MR) is 108 cm³/mol. The van der Waals surface area contributed by atoms with Gasteiger partial charge in [0.05, 0.1) is 16.3 Å². The summed E-state index contributed by atoms with van der Waals surface area (Å²) in [7, 11) is -3.90. The van der Waals surface area contributed by atoms with Crippen molar-refractivity contribution in [3.8, 4) is 0 Å². The van der Waals surface area contributed by atoms with Gasteiger partial charge in [-0.2, -0.15) is 13.2 Å². The average molecular weight is 462 g/mol. The molecule has 1 aliphatic rings. The molecule has 0 atom stereocenters. The lowest BCUT2D eigenvalue weighted by Crippen LogP contribution is -2.52. The van der Waals surface area contributed by atoms with Crippen molar-refractivity contribution in [2.24, 2.45) is 0 Å². The number of nitrogens with one attached hydrogen (secondary N) is 1. The molecule has 0 radical (unpaired) electrons. The Bertz CT molecular complexity index is 1040. The van der Waals surface area contributed by atoms with Crippen LogP contribution in [0.25, 0.3) is 0 Å². The lowest BCUT2D eigenvalue weighted by atomic mass is 10.2. The number of halogens is 4. The molecular formula is C19H19ClF3N3O3S. The second kappa shape index (κ2) is 8.35. The van der Waals surface area contributed by atoms with Crippen molar-refractivity contribution in [3.63, 3.8) is 0 Å². The van der Waals surface area contributed by atoms with Gasteiger partial charge in [0.15, 0.2) is 0 Å². The minimum Gasteiger partial charge on any atom is -0.366 e. The van der Waals surface area contributed by atoms with Crippen LogP contribution < -0.4 is 9.62 Å². The van der Waals surface area contributed by atoms with Crippen LogP contribution in [0.5, 0.6) is 0 Å². The van der Waals surface area contributed by atoms with Gasteiger partial charge in [0, 0.05) is 31.2 Å². The first kappa shape index (κ1) is 22.2. The zero-order valence-corrected chi connectivity index (χ0v) is 17.5. The van der Waals surface area contributed by atoms with Crippen molar-refractivity contribution in [1.29, 1.82) is 0 Å². The number of carbonyl (C=O) groups is 1. The van der Waals surface area contributed by atoms with Gasteiger partial charge in [0.25, 0.3) is 10.0 Å². The summed E-state index contributed by atoms with van der Waals surface area (Å²) in [5, 5.41) is 0.297. The maximum absolute atomic E-state index is 12.8. The number of alkyl halides is 3. The Morgan fingerprint density at radius 3 is 2.20 bits per heavy atom. The molecule has 1 aliphatic heterocycles. The fourth-order valence-electron chi connectivity index (χ4n) is 3.12. The monoisotopic (exact) mass is 461 g/mol. The first-order valence-corrected chi connectivity index (χ1v) is 10.8. The van der Waals surface area contributed by atoms with Gasteiger partial charge < -0.3 is 9.80 Å².